The van der Waals surface area contributed by atoms with Crippen molar-refractivity contribution in [1.82, 2.24) is 0 Å². The van der Waals surface area contributed by atoms with Crippen LogP contribution in [0.1, 0.15) is 50.4 Å². The van der Waals surface area contributed by atoms with E-state index in [1.54, 1.807) is 19.1 Å². The topological polar surface area (TPSA) is 61.5 Å². The zero-order chi connectivity index (χ0) is 15.4. The second-order valence-electron chi connectivity index (χ2n) is 5.95. The summed E-state index contributed by atoms with van der Waals surface area (Å²) in [6, 6.07) is 5.28. The Balaban J connectivity index is 2.10. The number of carbonyl (C=O) groups is 1. The van der Waals surface area contributed by atoms with Crippen molar-refractivity contribution in [1.29, 1.82) is 0 Å². The highest BCUT2D eigenvalue weighted by Crippen LogP contribution is 2.34. The first kappa shape index (κ1) is 15.7. The predicted molar refractivity (Wildman–Crippen MR) is 83.4 cm³/mol. The summed E-state index contributed by atoms with van der Waals surface area (Å²) in [5.41, 5.74) is 6.83. The van der Waals surface area contributed by atoms with Gasteiger partial charge < -0.3 is 15.2 Å². The molecule has 3 unspecified atom stereocenters. The number of anilines is 1. The number of para-hydroxylation sites is 1. The summed E-state index contributed by atoms with van der Waals surface area (Å²) in [6.07, 6.45) is 3.42. The van der Waals surface area contributed by atoms with Gasteiger partial charge in [-0.2, -0.15) is 0 Å². The SMILES string of the molecule is CCOC(=O)c1cccc(OC2CCC(C)C(C)C2)c1N. The van der Waals surface area contributed by atoms with Gasteiger partial charge in [0.25, 0.3) is 0 Å². The number of esters is 1. The molecular formula is C17H25NO3. The van der Waals surface area contributed by atoms with E-state index in [4.69, 9.17) is 15.2 Å². The van der Waals surface area contributed by atoms with Crippen LogP contribution in [0.5, 0.6) is 5.75 Å². The van der Waals surface area contributed by atoms with Gasteiger partial charge >= 0.3 is 5.97 Å². The van der Waals surface area contributed by atoms with Crippen molar-refractivity contribution in [2.75, 3.05) is 12.3 Å². The summed E-state index contributed by atoms with van der Waals surface area (Å²) in [5.74, 6) is 1.59. The summed E-state index contributed by atoms with van der Waals surface area (Å²) in [5, 5.41) is 0. The van der Waals surface area contributed by atoms with E-state index in [0.29, 0.717) is 29.5 Å². The molecule has 2 rings (SSSR count). The minimum absolute atomic E-state index is 0.177. The van der Waals surface area contributed by atoms with E-state index in [9.17, 15) is 4.79 Å². The molecular weight excluding hydrogens is 266 g/mol. The van der Waals surface area contributed by atoms with Crippen LogP contribution in [0, 0.1) is 11.8 Å². The molecule has 0 amide bonds. The molecule has 1 saturated carbocycles. The predicted octanol–water partition coefficient (Wildman–Crippen LogP) is 3.65. The first-order chi connectivity index (χ1) is 10.0. The molecule has 21 heavy (non-hydrogen) atoms. The Labute approximate surface area is 126 Å². The highest BCUT2D eigenvalue weighted by molar-refractivity contribution is 5.96. The van der Waals surface area contributed by atoms with E-state index < -0.39 is 5.97 Å². The molecule has 116 valence electrons. The van der Waals surface area contributed by atoms with E-state index >= 15 is 0 Å². The summed E-state index contributed by atoms with van der Waals surface area (Å²) >= 11 is 0. The second kappa shape index (κ2) is 6.83. The van der Waals surface area contributed by atoms with Crippen LogP contribution in [0.3, 0.4) is 0 Å². The van der Waals surface area contributed by atoms with Crippen LogP contribution in [0.25, 0.3) is 0 Å². The number of benzene rings is 1. The fraction of sp³-hybridized carbons (Fsp3) is 0.588. The number of nitrogens with two attached hydrogens (primary N) is 1. The normalized spacial score (nSPS) is 25.4. The number of carbonyl (C=O) groups excluding carboxylic acids is 1. The Morgan fingerprint density at radius 2 is 2.05 bits per heavy atom. The number of hydrogen-bond donors (Lipinski definition) is 1. The minimum Gasteiger partial charge on any atom is -0.488 e. The van der Waals surface area contributed by atoms with E-state index in [2.05, 4.69) is 13.8 Å². The van der Waals surface area contributed by atoms with Crippen molar-refractivity contribution in [3.63, 3.8) is 0 Å². The van der Waals surface area contributed by atoms with Gasteiger partial charge in [-0.1, -0.05) is 19.9 Å². The lowest BCUT2D eigenvalue weighted by Gasteiger charge is -2.32. The largest absolute Gasteiger partial charge is 0.488 e. The van der Waals surface area contributed by atoms with Gasteiger partial charge in [-0.05, 0) is 50.2 Å². The maximum atomic E-state index is 11.8. The molecule has 0 aliphatic heterocycles. The van der Waals surface area contributed by atoms with Crippen LogP contribution >= 0.6 is 0 Å². The third-order valence-corrected chi connectivity index (χ3v) is 4.41. The van der Waals surface area contributed by atoms with Crippen LogP contribution in [-0.2, 0) is 4.74 Å². The molecule has 0 heterocycles. The van der Waals surface area contributed by atoms with Crippen LogP contribution < -0.4 is 10.5 Å². The van der Waals surface area contributed by atoms with Gasteiger partial charge in [0.1, 0.15) is 5.75 Å². The highest BCUT2D eigenvalue weighted by atomic mass is 16.5. The molecule has 0 bridgehead atoms. The number of rotatable bonds is 4. The standard InChI is InChI=1S/C17H25NO3/c1-4-20-17(19)14-6-5-7-15(16(14)18)21-13-9-8-11(2)12(3)10-13/h5-7,11-13H,4,8-10,18H2,1-3H3. The van der Waals surface area contributed by atoms with Crippen molar-refractivity contribution in [3.05, 3.63) is 23.8 Å². The number of ether oxygens (including phenoxy) is 2. The molecule has 1 aliphatic rings. The molecule has 1 aromatic carbocycles. The maximum absolute atomic E-state index is 11.8. The number of hydrogen-bond acceptors (Lipinski definition) is 4. The Kier molecular flexibility index (Phi) is 5.10. The molecule has 1 aliphatic carbocycles. The molecule has 1 aromatic rings. The third kappa shape index (κ3) is 3.69. The minimum atomic E-state index is -0.397. The third-order valence-electron chi connectivity index (χ3n) is 4.41. The fourth-order valence-corrected chi connectivity index (χ4v) is 2.82. The average Bonchev–Trinajstić information content (AvgIpc) is 2.45. The zero-order valence-corrected chi connectivity index (χ0v) is 13.1. The average molecular weight is 291 g/mol. The van der Waals surface area contributed by atoms with Crippen molar-refractivity contribution in [2.45, 2.75) is 46.1 Å². The van der Waals surface area contributed by atoms with Gasteiger partial charge in [0.2, 0.25) is 0 Å². The summed E-state index contributed by atoms with van der Waals surface area (Å²) in [6.45, 7) is 6.66. The first-order valence-electron chi connectivity index (χ1n) is 7.75. The quantitative estimate of drug-likeness (QED) is 0.679. The molecule has 1 fully saturated rings. The molecule has 0 aromatic heterocycles. The molecule has 0 spiro atoms. The smallest absolute Gasteiger partial charge is 0.340 e. The van der Waals surface area contributed by atoms with Crippen molar-refractivity contribution < 1.29 is 14.3 Å². The van der Waals surface area contributed by atoms with Gasteiger partial charge in [0.15, 0.2) is 0 Å². The lowest BCUT2D eigenvalue weighted by atomic mass is 9.80. The van der Waals surface area contributed by atoms with Gasteiger partial charge in [-0.15, -0.1) is 0 Å². The second-order valence-corrected chi connectivity index (χ2v) is 5.95. The van der Waals surface area contributed by atoms with Crippen LogP contribution in [0.4, 0.5) is 5.69 Å². The zero-order valence-electron chi connectivity index (χ0n) is 13.1. The molecule has 2 N–H and O–H groups in total. The van der Waals surface area contributed by atoms with E-state index in [1.807, 2.05) is 6.07 Å². The van der Waals surface area contributed by atoms with Gasteiger partial charge in [0, 0.05) is 0 Å². The fourth-order valence-electron chi connectivity index (χ4n) is 2.82. The lowest BCUT2D eigenvalue weighted by Crippen LogP contribution is -2.29. The van der Waals surface area contributed by atoms with Gasteiger partial charge in [0.05, 0.1) is 24.0 Å². The van der Waals surface area contributed by atoms with Crippen LogP contribution in [0.2, 0.25) is 0 Å². The molecule has 0 radical (unpaired) electrons. The maximum Gasteiger partial charge on any atom is 0.340 e. The summed E-state index contributed by atoms with van der Waals surface area (Å²) < 4.78 is 11.1. The van der Waals surface area contributed by atoms with E-state index in [-0.39, 0.29) is 6.10 Å². The highest BCUT2D eigenvalue weighted by Gasteiger charge is 2.26. The van der Waals surface area contributed by atoms with Crippen molar-refractivity contribution in [3.8, 4) is 5.75 Å². The molecule has 3 atom stereocenters. The summed E-state index contributed by atoms with van der Waals surface area (Å²) in [7, 11) is 0. The molecule has 4 nitrogen and oxygen atoms in total. The Bertz CT molecular complexity index is 501. The van der Waals surface area contributed by atoms with Crippen molar-refractivity contribution >= 4 is 11.7 Å². The molecule has 4 heteroatoms. The Morgan fingerprint density at radius 3 is 2.71 bits per heavy atom. The Hall–Kier alpha value is -1.71. The van der Waals surface area contributed by atoms with Gasteiger partial charge in [-0.25, -0.2) is 4.79 Å². The van der Waals surface area contributed by atoms with Gasteiger partial charge in [-0.3, -0.25) is 0 Å². The number of nitrogen functional groups attached to an aromatic ring is 1. The monoisotopic (exact) mass is 291 g/mol. The van der Waals surface area contributed by atoms with E-state index in [0.717, 1.165) is 18.8 Å². The van der Waals surface area contributed by atoms with E-state index in [1.165, 1.54) is 6.42 Å². The van der Waals surface area contributed by atoms with Crippen LogP contribution in [-0.4, -0.2) is 18.7 Å². The first-order valence-corrected chi connectivity index (χ1v) is 7.75. The summed E-state index contributed by atoms with van der Waals surface area (Å²) in [4.78, 5) is 11.8. The van der Waals surface area contributed by atoms with Crippen LogP contribution in [0.15, 0.2) is 18.2 Å². The lowest BCUT2D eigenvalue weighted by molar-refractivity contribution is 0.0526. The van der Waals surface area contributed by atoms with Crippen molar-refractivity contribution in [2.24, 2.45) is 11.8 Å². The Morgan fingerprint density at radius 1 is 1.29 bits per heavy atom. The molecule has 0 saturated heterocycles.